The molecule has 2 aromatic carbocycles. The van der Waals surface area contributed by atoms with Gasteiger partial charge in [-0.1, -0.05) is 6.07 Å². The molecule has 1 saturated heterocycles. The van der Waals surface area contributed by atoms with Crippen LogP contribution in [0.1, 0.15) is 15.9 Å². The van der Waals surface area contributed by atoms with Crippen LogP contribution < -0.4 is 5.32 Å². The van der Waals surface area contributed by atoms with E-state index in [0.717, 1.165) is 18.2 Å². The average molecular weight is 414 g/mol. The number of rotatable bonds is 4. The quantitative estimate of drug-likeness (QED) is 0.835. The van der Waals surface area contributed by atoms with E-state index in [4.69, 9.17) is 4.74 Å². The minimum absolute atomic E-state index is 0.0615. The fourth-order valence-electron chi connectivity index (χ4n) is 2.69. The predicted octanol–water partition coefficient (Wildman–Crippen LogP) is 2.98. The van der Waals surface area contributed by atoms with Gasteiger partial charge in [0.15, 0.2) is 0 Å². The molecule has 1 aliphatic rings. The summed E-state index contributed by atoms with van der Waals surface area (Å²) in [6, 6.07) is 9.50. The maximum atomic E-state index is 12.8. The largest absolute Gasteiger partial charge is 0.416 e. The van der Waals surface area contributed by atoms with Gasteiger partial charge < -0.3 is 10.1 Å². The Balaban J connectivity index is 1.73. The monoisotopic (exact) mass is 414 g/mol. The van der Waals surface area contributed by atoms with Gasteiger partial charge in [0.1, 0.15) is 0 Å². The topological polar surface area (TPSA) is 75.7 Å². The van der Waals surface area contributed by atoms with Gasteiger partial charge in [-0.3, -0.25) is 4.79 Å². The first-order valence-electron chi connectivity index (χ1n) is 8.34. The zero-order valence-electron chi connectivity index (χ0n) is 14.6. The average Bonchev–Trinajstić information content (AvgIpc) is 2.68. The first-order valence-corrected chi connectivity index (χ1v) is 9.78. The molecule has 0 bridgehead atoms. The van der Waals surface area contributed by atoms with Crippen LogP contribution >= 0.6 is 0 Å². The van der Waals surface area contributed by atoms with Gasteiger partial charge >= 0.3 is 6.18 Å². The Morgan fingerprint density at radius 3 is 2.29 bits per heavy atom. The molecule has 0 radical (unpaired) electrons. The molecule has 1 N–H and O–H groups in total. The summed E-state index contributed by atoms with van der Waals surface area (Å²) in [5.41, 5.74) is -0.810. The number of benzene rings is 2. The highest BCUT2D eigenvalue weighted by Gasteiger charge is 2.31. The Morgan fingerprint density at radius 1 is 1.04 bits per heavy atom. The lowest BCUT2D eigenvalue weighted by atomic mass is 10.1. The molecule has 1 fully saturated rings. The summed E-state index contributed by atoms with van der Waals surface area (Å²) in [5.74, 6) is -0.727. The molecule has 0 aromatic heterocycles. The zero-order chi connectivity index (χ0) is 20.4. The van der Waals surface area contributed by atoms with Crippen molar-refractivity contribution in [3.8, 4) is 0 Å². The van der Waals surface area contributed by atoms with E-state index in [-0.39, 0.29) is 29.2 Å². The van der Waals surface area contributed by atoms with Crippen LogP contribution in [0.4, 0.5) is 18.9 Å². The molecular formula is C18H17F3N2O4S. The second kappa shape index (κ2) is 7.90. The summed E-state index contributed by atoms with van der Waals surface area (Å²) in [6.07, 6.45) is -4.55. The second-order valence-electron chi connectivity index (χ2n) is 6.07. The molecule has 2 aromatic rings. The molecule has 1 amide bonds. The maximum absolute atomic E-state index is 12.8. The maximum Gasteiger partial charge on any atom is 0.416 e. The molecule has 1 aliphatic heterocycles. The number of halogens is 3. The van der Waals surface area contributed by atoms with Gasteiger partial charge in [0.25, 0.3) is 5.91 Å². The highest BCUT2D eigenvalue weighted by atomic mass is 32.2. The first-order chi connectivity index (χ1) is 13.2. The van der Waals surface area contributed by atoms with Crippen molar-refractivity contribution < 1.29 is 31.1 Å². The van der Waals surface area contributed by atoms with Crippen molar-refractivity contribution in [1.82, 2.24) is 4.31 Å². The SMILES string of the molecule is O=C(Nc1ccc(S(=O)(=O)N2CCOCC2)cc1)c1cccc(C(F)(F)F)c1. The highest BCUT2D eigenvalue weighted by Crippen LogP contribution is 2.29. The van der Waals surface area contributed by atoms with Crippen molar-refractivity contribution in [2.24, 2.45) is 0 Å². The lowest BCUT2D eigenvalue weighted by Crippen LogP contribution is -2.40. The number of alkyl halides is 3. The lowest BCUT2D eigenvalue weighted by Gasteiger charge is -2.26. The van der Waals surface area contributed by atoms with Gasteiger partial charge in [0.05, 0.1) is 23.7 Å². The normalized spacial score (nSPS) is 16.0. The van der Waals surface area contributed by atoms with Crippen LogP contribution in [0.25, 0.3) is 0 Å². The van der Waals surface area contributed by atoms with Crippen LogP contribution in [0.5, 0.6) is 0 Å². The molecule has 6 nitrogen and oxygen atoms in total. The lowest BCUT2D eigenvalue weighted by molar-refractivity contribution is -0.137. The van der Waals surface area contributed by atoms with Crippen LogP contribution in [-0.4, -0.2) is 44.9 Å². The number of carbonyl (C=O) groups is 1. The summed E-state index contributed by atoms with van der Waals surface area (Å²) in [7, 11) is -3.67. The molecule has 0 saturated carbocycles. The van der Waals surface area contributed by atoms with Crippen molar-refractivity contribution in [2.75, 3.05) is 31.6 Å². The summed E-state index contributed by atoms with van der Waals surface area (Å²) < 4.78 is 69.9. The van der Waals surface area contributed by atoms with Crippen LogP contribution in [0.15, 0.2) is 53.4 Å². The first kappa shape index (κ1) is 20.3. The smallest absolute Gasteiger partial charge is 0.379 e. The Hall–Kier alpha value is -2.43. The Bertz CT molecular complexity index is 954. The van der Waals surface area contributed by atoms with Gasteiger partial charge in [-0.05, 0) is 42.5 Å². The van der Waals surface area contributed by atoms with Gasteiger partial charge in [-0.25, -0.2) is 8.42 Å². The Morgan fingerprint density at radius 2 is 1.68 bits per heavy atom. The zero-order valence-corrected chi connectivity index (χ0v) is 15.4. The van der Waals surface area contributed by atoms with Crippen molar-refractivity contribution in [3.05, 3.63) is 59.7 Å². The van der Waals surface area contributed by atoms with Crippen LogP contribution in [0, 0.1) is 0 Å². The molecule has 10 heteroatoms. The van der Waals surface area contributed by atoms with Crippen LogP contribution in [0.3, 0.4) is 0 Å². The van der Waals surface area contributed by atoms with Crippen molar-refractivity contribution >= 4 is 21.6 Å². The number of nitrogens with zero attached hydrogens (tertiary/aromatic N) is 1. The van der Waals surface area contributed by atoms with E-state index in [1.807, 2.05) is 0 Å². The van der Waals surface area contributed by atoms with E-state index in [1.165, 1.54) is 34.6 Å². The summed E-state index contributed by atoms with van der Waals surface area (Å²) in [6.45, 7) is 1.17. The molecule has 28 heavy (non-hydrogen) atoms. The number of morpholine rings is 1. The van der Waals surface area contributed by atoms with E-state index >= 15 is 0 Å². The van der Waals surface area contributed by atoms with Crippen LogP contribution in [0.2, 0.25) is 0 Å². The van der Waals surface area contributed by atoms with Gasteiger partial charge in [-0.15, -0.1) is 0 Å². The van der Waals surface area contributed by atoms with E-state index in [2.05, 4.69) is 5.32 Å². The van der Waals surface area contributed by atoms with E-state index in [1.54, 1.807) is 0 Å². The highest BCUT2D eigenvalue weighted by molar-refractivity contribution is 7.89. The van der Waals surface area contributed by atoms with Crippen LogP contribution in [-0.2, 0) is 20.9 Å². The summed E-state index contributed by atoms with van der Waals surface area (Å²) in [4.78, 5) is 12.3. The fourth-order valence-corrected chi connectivity index (χ4v) is 4.09. The predicted molar refractivity (Wildman–Crippen MR) is 95.4 cm³/mol. The van der Waals surface area contributed by atoms with Crippen molar-refractivity contribution in [3.63, 3.8) is 0 Å². The number of nitrogens with one attached hydrogen (secondary N) is 1. The van der Waals surface area contributed by atoms with Gasteiger partial charge in [-0.2, -0.15) is 17.5 Å². The number of hydrogen-bond acceptors (Lipinski definition) is 4. The number of sulfonamides is 1. The van der Waals surface area contributed by atoms with Crippen molar-refractivity contribution in [1.29, 1.82) is 0 Å². The second-order valence-corrected chi connectivity index (χ2v) is 8.01. The van der Waals surface area contributed by atoms with E-state index < -0.39 is 27.7 Å². The number of carbonyl (C=O) groups excluding carboxylic acids is 1. The molecule has 150 valence electrons. The third kappa shape index (κ3) is 4.51. The fraction of sp³-hybridized carbons (Fsp3) is 0.278. The van der Waals surface area contributed by atoms with Gasteiger partial charge in [0.2, 0.25) is 10.0 Å². The molecule has 0 spiro atoms. The number of amides is 1. The number of ether oxygens (including phenoxy) is 1. The third-order valence-electron chi connectivity index (χ3n) is 4.17. The standard InChI is InChI=1S/C18H17F3N2O4S/c19-18(20,21)14-3-1-2-13(12-14)17(24)22-15-4-6-16(7-5-15)28(25,26)23-8-10-27-11-9-23/h1-7,12H,8-11H2,(H,22,24). The van der Waals surface area contributed by atoms with E-state index in [0.29, 0.717) is 13.2 Å². The molecule has 0 atom stereocenters. The van der Waals surface area contributed by atoms with E-state index in [9.17, 15) is 26.4 Å². The summed E-state index contributed by atoms with van der Waals surface area (Å²) >= 11 is 0. The molecule has 3 rings (SSSR count). The van der Waals surface area contributed by atoms with Gasteiger partial charge in [0, 0.05) is 24.3 Å². The minimum atomic E-state index is -4.55. The molecule has 1 heterocycles. The minimum Gasteiger partial charge on any atom is -0.379 e. The number of anilines is 1. The molecule has 0 aliphatic carbocycles. The molecule has 0 unspecified atom stereocenters. The Kier molecular flexibility index (Phi) is 5.73. The molecular weight excluding hydrogens is 397 g/mol. The Labute approximate surface area is 160 Å². The van der Waals surface area contributed by atoms with Crippen molar-refractivity contribution in [2.45, 2.75) is 11.1 Å². The number of hydrogen-bond donors (Lipinski definition) is 1. The third-order valence-corrected chi connectivity index (χ3v) is 6.08. The summed E-state index contributed by atoms with van der Waals surface area (Å²) in [5, 5.41) is 2.46.